The van der Waals surface area contributed by atoms with Gasteiger partial charge >= 0.3 is 0 Å². The van der Waals surface area contributed by atoms with Gasteiger partial charge in [0.2, 0.25) is 0 Å². The Kier molecular flexibility index (Phi) is 3.81. The summed E-state index contributed by atoms with van der Waals surface area (Å²) in [5, 5.41) is 1.95. The molecule has 0 amide bonds. The van der Waals surface area contributed by atoms with E-state index in [0.29, 0.717) is 4.90 Å². The van der Waals surface area contributed by atoms with Crippen LogP contribution >= 0.6 is 23.1 Å². The predicted octanol–water partition coefficient (Wildman–Crippen LogP) is 3.76. The van der Waals surface area contributed by atoms with Crippen LogP contribution in [0.2, 0.25) is 0 Å². The highest BCUT2D eigenvalue weighted by atomic mass is 32.2. The lowest BCUT2D eigenvalue weighted by atomic mass is 10.1. The molecule has 0 saturated carbocycles. The molecule has 2 nitrogen and oxygen atoms in total. The summed E-state index contributed by atoms with van der Waals surface area (Å²) in [6, 6.07) is 4.81. The fourth-order valence-corrected chi connectivity index (χ4v) is 3.47. The smallest absolute Gasteiger partial charge is 0.155 e. The van der Waals surface area contributed by atoms with Crippen LogP contribution in [0.15, 0.2) is 32.8 Å². The Hall–Kier alpha value is -0.910. The fraction of sp³-hybridized carbons (Fsp3) is 0.250. The third kappa shape index (κ3) is 2.86. The third-order valence-corrected chi connectivity index (χ3v) is 4.47. The summed E-state index contributed by atoms with van der Waals surface area (Å²) in [5.74, 6) is -0.238. The number of halogens is 1. The minimum Gasteiger partial charge on any atom is -0.324 e. The van der Waals surface area contributed by atoms with Crippen molar-refractivity contribution in [2.24, 2.45) is 5.73 Å². The number of nitrogens with two attached hydrogens (primary N) is 1. The summed E-state index contributed by atoms with van der Waals surface area (Å²) in [5.41, 5.74) is 7.62. The normalized spacial score (nSPS) is 12.7. The molecule has 0 radical (unpaired) electrons. The highest BCUT2D eigenvalue weighted by molar-refractivity contribution is 8.01. The molecule has 2 aromatic rings. The first kappa shape index (κ1) is 12.5. The fourth-order valence-electron chi connectivity index (χ4n) is 1.46. The minimum absolute atomic E-state index is 0.186. The number of hydrogen-bond acceptors (Lipinski definition) is 4. The second kappa shape index (κ2) is 5.16. The van der Waals surface area contributed by atoms with Crippen molar-refractivity contribution in [3.63, 3.8) is 0 Å². The number of hydrogen-bond donors (Lipinski definition) is 1. The zero-order valence-corrected chi connectivity index (χ0v) is 11.2. The van der Waals surface area contributed by atoms with Crippen LogP contribution in [0.1, 0.15) is 24.2 Å². The van der Waals surface area contributed by atoms with Crippen molar-refractivity contribution in [1.82, 2.24) is 4.98 Å². The standard InChI is InChI=1S/C12H13FN2S2/c1-7-6-16-12(15-7)17-11-9(8(2)14)4-3-5-10(11)13/h3-6,8H,14H2,1-2H3/t8-/m1/s1. The van der Waals surface area contributed by atoms with Gasteiger partial charge < -0.3 is 5.73 Å². The van der Waals surface area contributed by atoms with Gasteiger partial charge in [-0.2, -0.15) is 0 Å². The van der Waals surface area contributed by atoms with Gasteiger partial charge in [-0.3, -0.25) is 0 Å². The van der Waals surface area contributed by atoms with Gasteiger partial charge in [-0.25, -0.2) is 9.37 Å². The number of aromatic nitrogens is 1. The molecule has 0 fully saturated rings. The summed E-state index contributed by atoms with van der Waals surface area (Å²) < 4.78 is 14.6. The van der Waals surface area contributed by atoms with E-state index in [4.69, 9.17) is 5.73 Å². The van der Waals surface area contributed by atoms with Crippen LogP contribution in [0.3, 0.4) is 0 Å². The Morgan fingerprint density at radius 2 is 2.24 bits per heavy atom. The molecule has 0 saturated heterocycles. The first-order valence-corrected chi connectivity index (χ1v) is 6.91. The van der Waals surface area contributed by atoms with Crippen LogP contribution in [0, 0.1) is 12.7 Å². The van der Waals surface area contributed by atoms with Gasteiger partial charge in [0.05, 0.1) is 4.90 Å². The van der Waals surface area contributed by atoms with E-state index in [1.54, 1.807) is 6.07 Å². The summed E-state index contributed by atoms with van der Waals surface area (Å²) in [4.78, 5) is 4.90. The molecule has 1 aromatic carbocycles. The minimum atomic E-state index is -0.238. The highest BCUT2D eigenvalue weighted by Gasteiger charge is 2.14. The second-order valence-electron chi connectivity index (χ2n) is 3.80. The van der Waals surface area contributed by atoms with Crippen molar-refractivity contribution in [2.75, 3.05) is 0 Å². The van der Waals surface area contributed by atoms with E-state index in [2.05, 4.69) is 4.98 Å². The first-order chi connectivity index (χ1) is 8.08. The molecule has 2 rings (SSSR count). The average molecular weight is 268 g/mol. The van der Waals surface area contributed by atoms with Crippen LogP contribution in [0.25, 0.3) is 0 Å². The number of rotatable bonds is 3. The molecule has 0 aliphatic heterocycles. The quantitative estimate of drug-likeness (QED) is 0.921. The van der Waals surface area contributed by atoms with Gasteiger partial charge in [0, 0.05) is 17.1 Å². The van der Waals surface area contributed by atoms with Gasteiger partial charge in [-0.1, -0.05) is 23.9 Å². The Morgan fingerprint density at radius 1 is 1.47 bits per heavy atom. The lowest BCUT2D eigenvalue weighted by Crippen LogP contribution is -2.07. The van der Waals surface area contributed by atoms with Gasteiger partial charge in [0.15, 0.2) is 4.34 Å². The molecule has 0 unspecified atom stereocenters. The summed E-state index contributed by atoms with van der Waals surface area (Å²) in [7, 11) is 0. The number of nitrogens with zero attached hydrogens (tertiary/aromatic N) is 1. The number of benzene rings is 1. The van der Waals surface area contributed by atoms with Gasteiger partial charge in [0.1, 0.15) is 5.82 Å². The van der Waals surface area contributed by atoms with E-state index in [9.17, 15) is 4.39 Å². The molecule has 5 heteroatoms. The van der Waals surface area contributed by atoms with Gasteiger partial charge in [-0.15, -0.1) is 11.3 Å². The Balaban J connectivity index is 2.37. The van der Waals surface area contributed by atoms with Crippen LogP contribution in [0.4, 0.5) is 4.39 Å². The summed E-state index contributed by atoms with van der Waals surface area (Å²) in [6.45, 7) is 3.78. The molecule has 1 heterocycles. The van der Waals surface area contributed by atoms with Crippen LogP contribution in [-0.2, 0) is 0 Å². The van der Waals surface area contributed by atoms with Crippen molar-refractivity contribution in [1.29, 1.82) is 0 Å². The van der Waals surface area contributed by atoms with E-state index in [1.807, 2.05) is 25.3 Å². The van der Waals surface area contributed by atoms with E-state index >= 15 is 0 Å². The highest BCUT2D eigenvalue weighted by Crippen LogP contribution is 2.36. The maximum Gasteiger partial charge on any atom is 0.155 e. The topological polar surface area (TPSA) is 38.9 Å². The largest absolute Gasteiger partial charge is 0.324 e. The zero-order chi connectivity index (χ0) is 12.4. The van der Waals surface area contributed by atoms with Crippen LogP contribution in [0.5, 0.6) is 0 Å². The molecule has 0 aliphatic carbocycles. The van der Waals surface area contributed by atoms with Crippen molar-refractivity contribution in [3.8, 4) is 0 Å². The number of aryl methyl sites for hydroxylation is 1. The average Bonchev–Trinajstić information content (AvgIpc) is 2.67. The van der Waals surface area contributed by atoms with E-state index in [1.165, 1.54) is 29.2 Å². The molecule has 0 spiro atoms. The van der Waals surface area contributed by atoms with Gasteiger partial charge in [-0.05, 0) is 25.5 Å². The van der Waals surface area contributed by atoms with E-state index in [-0.39, 0.29) is 11.9 Å². The van der Waals surface area contributed by atoms with Gasteiger partial charge in [0.25, 0.3) is 0 Å². The van der Waals surface area contributed by atoms with Crippen LogP contribution < -0.4 is 5.73 Å². The maximum absolute atomic E-state index is 13.8. The molecule has 0 aliphatic rings. The summed E-state index contributed by atoms with van der Waals surface area (Å²) >= 11 is 2.86. The molecular formula is C12H13FN2S2. The number of thiazole rings is 1. The zero-order valence-electron chi connectivity index (χ0n) is 9.61. The van der Waals surface area contributed by atoms with Crippen molar-refractivity contribution in [2.45, 2.75) is 29.1 Å². The molecule has 90 valence electrons. The third-order valence-electron chi connectivity index (χ3n) is 2.28. The molecule has 0 bridgehead atoms. The van der Waals surface area contributed by atoms with E-state index < -0.39 is 0 Å². The van der Waals surface area contributed by atoms with Crippen LogP contribution in [-0.4, -0.2) is 4.98 Å². The maximum atomic E-state index is 13.8. The molecular weight excluding hydrogens is 255 g/mol. The SMILES string of the molecule is Cc1csc(Sc2c(F)cccc2[C@@H](C)N)n1. The van der Waals surface area contributed by atoms with E-state index in [0.717, 1.165) is 15.6 Å². The van der Waals surface area contributed by atoms with Crippen molar-refractivity contribution < 1.29 is 4.39 Å². The second-order valence-corrected chi connectivity index (χ2v) is 5.92. The lowest BCUT2D eigenvalue weighted by molar-refractivity contribution is 0.591. The monoisotopic (exact) mass is 268 g/mol. The summed E-state index contributed by atoms with van der Waals surface area (Å²) in [6.07, 6.45) is 0. The molecule has 1 atom stereocenters. The molecule has 2 N–H and O–H groups in total. The molecule has 1 aromatic heterocycles. The Morgan fingerprint density at radius 3 is 2.82 bits per heavy atom. The first-order valence-electron chi connectivity index (χ1n) is 5.22. The Labute approximate surface area is 108 Å². The predicted molar refractivity (Wildman–Crippen MR) is 70.0 cm³/mol. The van der Waals surface area contributed by atoms with Crippen molar-refractivity contribution in [3.05, 3.63) is 40.7 Å². The molecule has 17 heavy (non-hydrogen) atoms. The lowest BCUT2D eigenvalue weighted by Gasteiger charge is -2.11. The Bertz CT molecular complexity index is 523. The van der Waals surface area contributed by atoms with Crippen molar-refractivity contribution >= 4 is 23.1 Å².